The molecule has 1 N–H and O–H groups in total. The molecule has 1 atom stereocenters. The molecule has 0 aromatic heterocycles. The molecule has 1 saturated heterocycles. The number of rotatable bonds is 6. The van der Waals surface area contributed by atoms with Gasteiger partial charge in [0.15, 0.2) is 0 Å². The molecule has 0 spiro atoms. The highest BCUT2D eigenvalue weighted by Gasteiger charge is 2.35. The standard InChI is InChI=1S/C15H27FN2O5S/c1-14(2,3)23-13(20)17-9-15(4,5)10-18-7-11(6-12(18)19)8-24(16,21)22/h11H,6-10H2,1-5H3,(H,17,20). The molecule has 0 radical (unpaired) electrons. The van der Waals surface area contributed by atoms with Gasteiger partial charge in [0.1, 0.15) is 5.60 Å². The van der Waals surface area contributed by atoms with E-state index in [1.807, 2.05) is 13.8 Å². The summed E-state index contributed by atoms with van der Waals surface area (Å²) in [6.45, 7) is 9.87. The monoisotopic (exact) mass is 366 g/mol. The van der Waals surface area contributed by atoms with Crippen LogP contribution in [0, 0.1) is 11.3 Å². The lowest BCUT2D eigenvalue weighted by Gasteiger charge is -2.31. The van der Waals surface area contributed by atoms with E-state index in [0.717, 1.165) is 0 Å². The zero-order valence-electron chi connectivity index (χ0n) is 14.9. The zero-order chi connectivity index (χ0) is 18.8. The molecule has 1 aliphatic rings. The van der Waals surface area contributed by atoms with Crippen molar-refractivity contribution >= 4 is 22.2 Å². The van der Waals surface area contributed by atoms with Crippen molar-refractivity contribution in [3.05, 3.63) is 0 Å². The normalized spacial score (nSPS) is 19.5. The fourth-order valence-corrected chi connectivity index (χ4v) is 3.38. The van der Waals surface area contributed by atoms with Crippen molar-refractivity contribution in [2.45, 2.75) is 46.6 Å². The minimum atomic E-state index is -4.59. The smallest absolute Gasteiger partial charge is 0.407 e. The van der Waals surface area contributed by atoms with Gasteiger partial charge in [0, 0.05) is 32.0 Å². The molecule has 24 heavy (non-hydrogen) atoms. The predicted octanol–water partition coefficient (Wildman–Crippen LogP) is 1.69. The molecule has 0 aromatic carbocycles. The number of nitrogens with zero attached hydrogens (tertiary/aromatic N) is 1. The molecule has 1 fully saturated rings. The largest absolute Gasteiger partial charge is 0.444 e. The van der Waals surface area contributed by atoms with Crippen molar-refractivity contribution in [2.75, 3.05) is 25.4 Å². The van der Waals surface area contributed by atoms with Gasteiger partial charge in [-0.05, 0) is 26.2 Å². The summed E-state index contributed by atoms with van der Waals surface area (Å²) >= 11 is 0. The Morgan fingerprint density at radius 1 is 1.33 bits per heavy atom. The van der Waals surface area contributed by atoms with Gasteiger partial charge in [-0.25, -0.2) is 4.79 Å². The molecule has 0 aliphatic carbocycles. The summed E-state index contributed by atoms with van der Waals surface area (Å²) in [7, 11) is -4.59. The first-order valence-electron chi connectivity index (χ1n) is 7.84. The third-order valence-electron chi connectivity index (χ3n) is 3.46. The van der Waals surface area contributed by atoms with Crippen LogP contribution in [-0.2, 0) is 19.8 Å². The number of carbonyl (C=O) groups is 2. The molecule has 0 bridgehead atoms. The molecule has 2 amide bonds. The van der Waals surface area contributed by atoms with Crippen LogP contribution in [0.3, 0.4) is 0 Å². The zero-order valence-corrected chi connectivity index (χ0v) is 15.7. The Hall–Kier alpha value is -1.38. The van der Waals surface area contributed by atoms with Crippen LogP contribution < -0.4 is 5.32 Å². The van der Waals surface area contributed by atoms with Gasteiger partial charge in [-0.15, -0.1) is 3.89 Å². The summed E-state index contributed by atoms with van der Waals surface area (Å²) in [5, 5.41) is 2.66. The Morgan fingerprint density at radius 2 is 1.92 bits per heavy atom. The second-order valence-corrected chi connectivity index (χ2v) is 9.48. The number of amides is 2. The van der Waals surface area contributed by atoms with Gasteiger partial charge in [-0.3, -0.25) is 4.79 Å². The number of likely N-dealkylation sites (tertiary alicyclic amines) is 1. The van der Waals surface area contributed by atoms with Gasteiger partial charge < -0.3 is 15.0 Å². The fourth-order valence-electron chi connectivity index (χ4n) is 2.60. The van der Waals surface area contributed by atoms with Crippen LogP contribution in [0.5, 0.6) is 0 Å². The minimum Gasteiger partial charge on any atom is -0.444 e. The van der Waals surface area contributed by atoms with Crippen molar-refractivity contribution in [1.29, 1.82) is 0 Å². The summed E-state index contributed by atoms with van der Waals surface area (Å²) in [6, 6.07) is 0. The molecular formula is C15H27FN2O5S. The van der Waals surface area contributed by atoms with Gasteiger partial charge in [0.25, 0.3) is 0 Å². The van der Waals surface area contributed by atoms with Gasteiger partial charge >= 0.3 is 16.3 Å². The number of hydrogen-bond donors (Lipinski definition) is 1. The summed E-state index contributed by atoms with van der Waals surface area (Å²) in [5.74, 6) is -1.36. The van der Waals surface area contributed by atoms with Crippen LogP contribution in [-0.4, -0.2) is 56.3 Å². The van der Waals surface area contributed by atoms with E-state index in [9.17, 15) is 21.9 Å². The van der Waals surface area contributed by atoms with Gasteiger partial charge in [0.2, 0.25) is 5.91 Å². The van der Waals surface area contributed by atoms with Crippen LogP contribution in [0.4, 0.5) is 8.68 Å². The third kappa shape index (κ3) is 7.94. The highest BCUT2D eigenvalue weighted by Crippen LogP contribution is 2.25. The van der Waals surface area contributed by atoms with Crippen molar-refractivity contribution in [2.24, 2.45) is 11.3 Å². The molecule has 7 nitrogen and oxygen atoms in total. The van der Waals surface area contributed by atoms with Crippen molar-refractivity contribution < 1.29 is 26.6 Å². The molecule has 1 unspecified atom stereocenters. The Balaban J connectivity index is 2.52. The summed E-state index contributed by atoms with van der Waals surface area (Å²) in [5.41, 5.74) is -1.03. The highest BCUT2D eigenvalue weighted by atomic mass is 32.3. The van der Waals surface area contributed by atoms with Crippen LogP contribution in [0.25, 0.3) is 0 Å². The maximum absolute atomic E-state index is 12.8. The second kappa shape index (κ2) is 7.25. The number of nitrogens with one attached hydrogen (secondary N) is 1. The number of alkyl carbamates (subject to hydrolysis) is 1. The highest BCUT2D eigenvalue weighted by molar-refractivity contribution is 7.86. The van der Waals surface area contributed by atoms with E-state index in [0.29, 0.717) is 6.54 Å². The topological polar surface area (TPSA) is 92.8 Å². The first-order valence-corrected chi connectivity index (χ1v) is 9.39. The summed E-state index contributed by atoms with van der Waals surface area (Å²) in [4.78, 5) is 25.2. The van der Waals surface area contributed by atoms with Gasteiger partial charge in [-0.2, -0.15) is 8.42 Å². The second-order valence-electron chi connectivity index (χ2n) is 8.07. The van der Waals surface area contributed by atoms with Crippen molar-refractivity contribution in [3.8, 4) is 0 Å². The van der Waals surface area contributed by atoms with E-state index in [1.165, 1.54) is 4.90 Å². The number of carbonyl (C=O) groups excluding carboxylic acids is 2. The molecule has 0 saturated carbocycles. The Kier molecular flexibility index (Phi) is 6.24. The first-order chi connectivity index (χ1) is 10.7. The maximum atomic E-state index is 12.8. The van der Waals surface area contributed by atoms with E-state index in [-0.39, 0.29) is 25.4 Å². The maximum Gasteiger partial charge on any atom is 0.407 e. The SMILES string of the molecule is CC(C)(CNC(=O)OC(C)(C)C)CN1CC(CS(=O)(=O)F)CC1=O. The van der Waals surface area contributed by atoms with E-state index < -0.39 is 39.0 Å². The average molecular weight is 366 g/mol. The van der Waals surface area contributed by atoms with E-state index in [1.54, 1.807) is 20.8 Å². The van der Waals surface area contributed by atoms with Gasteiger partial charge in [-0.1, -0.05) is 13.8 Å². The number of hydrogen-bond acceptors (Lipinski definition) is 5. The lowest BCUT2D eigenvalue weighted by Crippen LogP contribution is -2.44. The molecule has 1 heterocycles. The van der Waals surface area contributed by atoms with Crippen LogP contribution >= 0.6 is 0 Å². The molecule has 1 rings (SSSR count). The lowest BCUT2D eigenvalue weighted by molar-refractivity contribution is -0.128. The molecule has 0 aromatic rings. The fraction of sp³-hybridized carbons (Fsp3) is 0.867. The summed E-state index contributed by atoms with van der Waals surface area (Å²) in [6.07, 6.45) is -0.511. The molecule has 9 heteroatoms. The van der Waals surface area contributed by atoms with Crippen molar-refractivity contribution in [1.82, 2.24) is 10.2 Å². The third-order valence-corrected chi connectivity index (χ3v) is 4.33. The Bertz CT molecular complexity index is 583. The van der Waals surface area contributed by atoms with Crippen LogP contribution in [0.1, 0.15) is 41.0 Å². The lowest BCUT2D eigenvalue weighted by atomic mass is 9.93. The minimum absolute atomic E-state index is 0.0265. The number of halogens is 1. The van der Waals surface area contributed by atoms with Crippen molar-refractivity contribution in [3.63, 3.8) is 0 Å². The van der Waals surface area contributed by atoms with E-state index >= 15 is 0 Å². The average Bonchev–Trinajstić information content (AvgIpc) is 2.61. The van der Waals surface area contributed by atoms with Gasteiger partial charge in [0.05, 0.1) is 5.75 Å². The predicted molar refractivity (Wildman–Crippen MR) is 87.6 cm³/mol. The van der Waals surface area contributed by atoms with Crippen LogP contribution in [0.2, 0.25) is 0 Å². The molecule has 1 aliphatic heterocycles. The quantitative estimate of drug-likeness (QED) is 0.722. The first kappa shape index (κ1) is 20.7. The number of ether oxygens (including phenoxy) is 1. The van der Waals surface area contributed by atoms with E-state index in [4.69, 9.17) is 4.74 Å². The van der Waals surface area contributed by atoms with Crippen LogP contribution in [0.15, 0.2) is 0 Å². The molecular weight excluding hydrogens is 339 g/mol. The Morgan fingerprint density at radius 3 is 2.42 bits per heavy atom. The summed E-state index contributed by atoms with van der Waals surface area (Å²) < 4.78 is 39.4. The Labute approximate surface area is 143 Å². The van der Waals surface area contributed by atoms with E-state index in [2.05, 4.69) is 5.32 Å². The molecule has 140 valence electrons.